The fourth-order valence-corrected chi connectivity index (χ4v) is 2.60. The Kier molecular flexibility index (Phi) is 3.28. The molecule has 0 spiro atoms. The Balaban J connectivity index is 1.90. The fraction of sp³-hybridized carbons (Fsp3) is 0.692. The molecule has 0 atom stereocenters. The highest BCUT2D eigenvalue weighted by atomic mass is 16.5. The molecule has 1 nitrogen and oxygen atoms in total. The molecule has 0 radical (unpaired) electrons. The van der Waals surface area contributed by atoms with Crippen LogP contribution in [0.25, 0.3) is 0 Å². The van der Waals surface area contributed by atoms with Crippen LogP contribution < -0.4 is 0 Å². The molecule has 2 aliphatic carbocycles. The zero-order valence-electron chi connectivity index (χ0n) is 9.09. The zero-order valence-corrected chi connectivity index (χ0v) is 9.09. The van der Waals surface area contributed by atoms with Gasteiger partial charge < -0.3 is 4.74 Å². The van der Waals surface area contributed by atoms with Gasteiger partial charge >= 0.3 is 0 Å². The first-order valence-electron chi connectivity index (χ1n) is 5.82. The van der Waals surface area contributed by atoms with Gasteiger partial charge in [-0.1, -0.05) is 30.9 Å². The number of hydrogen-bond acceptors (Lipinski definition) is 1. The minimum absolute atomic E-state index is 0.887. The molecule has 0 unspecified atom stereocenters. The third-order valence-electron chi connectivity index (χ3n) is 3.52. The van der Waals surface area contributed by atoms with Gasteiger partial charge in [-0.25, -0.2) is 0 Å². The van der Waals surface area contributed by atoms with Crippen LogP contribution in [0.2, 0.25) is 0 Å². The molecule has 0 N–H and O–H groups in total. The van der Waals surface area contributed by atoms with Crippen molar-refractivity contribution in [2.45, 2.75) is 44.9 Å². The summed E-state index contributed by atoms with van der Waals surface area (Å²) in [6.45, 7) is 0. The molecule has 0 aromatic carbocycles. The summed E-state index contributed by atoms with van der Waals surface area (Å²) in [6, 6.07) is 0. The maximum absolute atomic E-state index is 5.24. The van der Waals surface area contributed by atoms with Crippen molar-refractivity contribution < 1.29 is 4.74 Å². The molecule has 0 aliphatic heterocycles. The van der Waals surface area contributed by atoms with Gasteiger partial charge in [-0.05, 0) is 31.3 Å². The first-order chi connectivity index (χ1) is 6.90. The van der Waals surface area contributed by atoms with Crippen molar-refractivity contribution in [3.63, 3.8) is 0 Å². The van der Waals surface area contributed by atoms with Crippen molar-refractivity contribution in [2.75, 3.05) is 7.11 Å². The second-order valence-corrected chi connectivity index (χ2v) is 4.40. The van der Waals surface area contributed by atoms with E-state index in [0.717, 1.165) is 24.5 Å². The summed E-state index contributed by atoms with van der Waals surface area (Å²) >= 11 is 0. The standard InChI is InChI=1S/C13H20O/c1-14-13-9-7-12(8-10-13)11-5-3-2-4-6-11/h7,10-11H,2-6,8-9H2,1H3. The van der Waals surface area contributed by atoms with Crippen LogP contribution in [-0.2, 0) is 4.74 Å². The molecular formula is C13H20O. The van der Waals surface area contributed by atoms with E-state index < -0.39 is 0 Å². The highest BCUT2D eigenvalue weighted by Gasteiger charge is 2.18. The molecule has 1 heteroatoms. The SMILES string of the molecule is COC1=CCC(C2CCCCC2)=CC1. The molecule has 2 aliphatic rings. The van der Waals surface area contributed by atoms with E-state index in [2.05, 4.69) is 12.2 Å². The van der Waals surface area contributed by atoms with E-state index in [4.69, 9.17) is 4.74 Å². The average molecular weight is 192 g/mol. The van der Waals surface area contributed by atoms with Gasteiger partial charge in [0.25, 0.3) is 0 Å². The van der Waals surface area contributed by atoms with Crippen LogP contribution in [0.5, 0.6) is 0 Å². The van der Waals surface area contributed by atoms with Gasteiger partial charge in [0.2, 0.25) is 0 Å². The molecule has 0 aromatic rings. The van der Waals surface area contributed by atoms with Crippen LogP contribution in [0.3, 0.4) is 0 Å². The van der Waals surface area contributed by atoms with Gasteiger partial charge in [0.05, 0.1) is 12.9 Å². The Labute approximate surface area is 86.8 Å². The van der Waals surface area contributed by atoms with E-state index in [1.165, 1.54) is 32.1 Å². The van der Waals surface area contributed by atoms with E-state index in [0.29, 0.717) is 0 Å². The lowest BCUT2D eigenvalue weighted by Crippen LogP contribution is -2.10. The highest BCUT2D eigenvalue weighted by Crippen LogP contribution is 2.34. The van der Waals surface area contributed by atoms with Crippen LogP contribution >= 0.6 is 0 Å². The monoisotopic (exact) mass is 192 g/mol. The van der Waals surface area contributed by atoms with Crippen LogP contribution in [-0.4, -0.2) is 7.11 Å². The Morgan fingerprint density at radius 3 is 2.43 bits per heavy atom. The Hall–Kier alpha value is -0.720. The predicted molar refractivity (Wildman–Crippen MR) is 59.0 cm³/mol. The van der Waals surface area contributed by atoms with Gasteiger partial charge in [-0.15, -0.1) is 0 Å². The molecule has 0 saturated heterocycles. The van der Waals surface area contributed by atoms with Crippen molar-refractivity contribution >= 4 is 0 Å². The van der Waals surface area contributed by atoms with Gasteiger partial charge in [-0.2, -0.15) is 0 Å². The van der Waals surface area contributed by atoms with Crippen molar-refractivity contribution in [3.05, 3.63) is 23.5 Å². The first kappa shape index (κ1) is 9.82. The first-order valence-corrected chi connectivity index (χ1v) is 5.82. The van der Waals surface area contributed by atoms with Crippen molar-refractivity contribution in [3.8, 4) is 0 Å². The molecule has 14 heavy (non-hydrogen) atoms. The lowest BCUT2D eigenvalue weighted by Gasteiger charge is -2.26. The molecule has 1 fully saturated rings. The van der Waals surface area contributed by atoms with Gasteiger partial charge in [0, 0.05) is 6.42 Å². The van der Waals surface area contributed by atoms with Gasteiger partial charge in [0.15, 0.2) is 0 Å². The Bertz CT molecular complexity index is 244. The second-order valence-electron chi connectivity index (χ2n) is 4.40. The maximum Gasteiger partial charge on any atom is 0.0956 e. The summed E-state index contributed by atoms with van der Waals surface area (Å²) in [4.78, 5) is 0. The van der Waals surface area contributed by atoms with E-state index in [1.807, 2.05) is 0 Å². The summed E-state index contributed by atoms with van der Waals surface area (Å²) in [6.07, 6.45) is 14.0. The van der Waals surface area contributed by atoms with Crippen LogP contribution in [0.1, 0.15) is 44.9 Å². The summed E-state index contributed by atoms with van der Waals surface area (Å²) < 4.78 is 5.24. The topological polar surface area (TPSA) is 9.23 Å². The smallest absolute Gasteiger partial charge is 0.0956 e. The predicted octanol–water partition coefficient (Wildman–Crippen LogP) is 3.82. The fourth-order valence-electron chi connectivity index (χ4n) is 2.60. The van der Waals surface area contributed by atoms with Crippen molar-refractivity contribution in [1.29, 1.82) is 0 Å². The molecule has 0 amide bonds. The normalized spacial score (nSPS) is 24.1. The minimum Gasteiger partial charge on any atom is -0.501 e. The minimum atomic E-state index is 0.887. The molecule has 78 valence electrons. The summed E-state index contributed by atoms with van der Waals surface area (Å²) in [5.41, 5.74) is 1.67. The summed E-state index contributed by atoms with van der Waals surface area (Å²) in [5.74, 6) is 2.03. The van der Waals surface area contributed by atoms with Crippen LogP contribution in [0, 0.1) is 5.92 Å². The third kappa shape index (κ3) is 2.20. The molecule has 1 saturated carbocycles. The van der Waals surface area contributed by atoms with E-state index in [-0.39, 0.29) is 0 Å². The number of ether oxygens (including phenoxy) is 1. The lowest BCUT2D eigenvalue weighted by atomic mass is 9.81. The Morgan fingerprint density at radius 2 is 1.86 bits per heavy atom. The van der Waals surface area contributed by atoms with Crippen molar-refractivity contribution in [2.24, 2.45) is 5.92 Å². The average Bonchev–Trinajstić information content (AvgIpc) is 2.30. The van der Waals surface area contributed by atoms with Gasteiger partial charge in [-0.3, -0.25) is 0 Å². The van der Waals surface area contributed by atoms with E-state index in [1.54, 1.807) is 12.7 Å². The van der Waals surface area contributed by atoms with E-state index >= 15 is 0 Å². The molecule has 0 heterocycles. The third-order valence-corrected chi connectivity index (χ3v) is 3.52. The second kappa shape index (κ2) is 4.68. The lowest BCUT2D eigenvalue weighted by molar-refractivity contribution is 0.280. The van der Waals surface area contributed by atoms with Gasteiger partial charge in [0.1, 0.15) is 0 Å². The summed E-state index contributed by atoms with van der Waals surface area (Å²) in [7, 11) is 1.77. The molecule has 0 aromatic heterocycles. The molecule has 0 bridgehead atoms. The quantitative estimate of drug-likeness (QED) is 0.604. The van der Waals surface area contributed by atoms with E-state index in [9.17, 15) is 0 Å². The molecular weight excluding hydrogens is 172 g/mol. The zero-order chi connectivity index (χ0) is 9.80. The van der Waals surface area contributed by atoms with Crippen LogP contribution in [0.15, 0.2) is 23.5 Å². The largest absolute Gasteiger partial charge is 0.501 e. The van der Waals surface area contributed by atoms with Crippen LogP contribution in [0.4, 0.5) is 0 Å². The van der Waals surface area contributed by atoms with Crippen molar-refractivity contribution in [1.82, 2.24) is 0 Å². The molecule has 2 rings (SSSR count). The number of allylic oxidation sites excluding steroid dienone is 3. The highest BCUT2D eigenvalue weighted by molar-refractivity contribution is 5.20. The Morgan fingerprint density at radius 1 is 1.07 bits per heavy atom. The summed E-state index contributed by atoms with van der Waals surface area (Å²) in [5, 5.41) is 0. The number of rotatable bonds is 2. The maximum atomic E-state index is 5.24. The number of hydrogen-bond donors (Lipinski definition) is 0. The number of methoxy groups -OCH3 is 1.